The molecule has 5 nitrogen and oxygen atoms in total. The van der Waals surface area contributed by atoms with E-state index in [1.54, 1.807) is 0 Å². The molecule has 0 aromatic carbocycles. The van der Waals surface area contributed by atoms with E-state index in [-0.39, 0.29) is 0 Å². The quantitative estimate of drug-likeness (QED) is 0.636. The highest BCUT2D eigenvalue weighted by atomic mass is 32.2. The lowest BCUT2D eigenvalue weighted by Gasteiger charge is -2.34. The zero-order chi connectivity index (χ0) is 16.7. The van der Waals surface area contributed by atoms with Crippen LogP contribution in [0.4, 0.5) is 0 Å². The topological polar surface area (TPSA) is 53.7 Å². The van der Waals surface area contributed by atoms with Crippen LogP contribution in [0.25, 0.3) is 0 Å². The SMILES string of the molecule is CCC1CN(C(=NC)NCc2cc(C(CC)CC)no2)CCS1. The molecule has 1 saturated heterocycles. The zero-order valence-electron chi connectivity index (χ0n) is 14.8. The minimum absolute atomic E-state index is 0.497. The average Bonchev–Trinajstić information content (AvgIpc) is 3.05. The van der Waals surface area contributed by atoms with Gasteiger partial charge in [0.1, 0.15) is 0 Å². The number of thioether (sulfide) groups is 1. The van der Waals surface area contributed by atoms with E-state index < -0.39 is 0 Å². The average molecular weight is 339 g/mol. The molecule has 1 atom stereocenters. The van der Waals surface area contributed by atoms with Gasteiger partial charge in [-0.3, -0.25) is 4.99 Å². The lowest BCUT2D eigenvalue weighted by atomic mass is 9.99. The second-order valence-electron chi connectivity index (χ2n) is 5.98. The van der Waals surface area contributed by atoms with Crippen LogP contribution in [0.3, 0.4) is 0 Å². The van der Waals surface area contributed by atoms with E-state index in [0.717, 1.165) is 43.3 Å². The molecular weight excluding hydrogens is 308 g/mol. The summed E-state index contributed by atoms with van der Waals surface area (Å²) in [6, 6.07) is 2.08. The Balaban J connectivity index is 1.91. The third-order valence-electron chi connectivity index (χ3n) is 4.51. The molecule has 1 fully saturated rings. The monoisotopic (exact) mass is 338 g/mol. The lowest BCUT2D eigenvalue weighted by molar-refractivity contribution is 0.361. The number of nitrogens with one attached hydrogen (secondary N) is 1. The van der Waals surface area contributed by atoms with E-state index in [1.807, 2.05) is 7.05 Å². The molecule has 0 spiro atoms. The molecule has 0 amide bonds. The maximum atomic E-state index is 5.48. The van der Waals surface area contributed by atoms with Gasteiger partial charge in [-0.2, -0.15) is 11.8 Å². The summed E-state index contributed by atoms with van der Waals surface area (Å²) in [5, 5.41) is 8.35. The van der Waals surface area contributed by atoms with Gasteiger partial charge in [0.05, 0.1) is 12.2 Å². The number of guanidine groups is 1. The van der Waals surface area contributed by atoms with Crippen LogP contribution in [-0.4, -0.2) is 47.2 Å². The maximum Gasteiger partial charge on any atom is 0.194 e. The minimum atomic E-state index is 0.497. The molecular formula is C17H30N4OS. The van der Waals surface area contributed by atoms with Gasteiger partial charge in [-0.1, -0.05) is 25.9 Å². The van der Waals surface area contributed by atoms with E-state index in [1.165, 1.54) is 12.2 Å². The van der Waals surface area contributed by atoms with E-state index in [2.05, 4.69) is 59.0 Å². The summed E-state index contributed by atoms with van der Waals surface area (Å²) in [7, 11) is 1.85. The second-order valence-corrected chi connectivity index (χ2v) is 7.39. The second kappa shape index (κ2) is 9.21. The molecule has 1 N–H and O–H groups in total. The van der Waals surface area contributed by atoms with Crippen LogP contribution >= 0.6 is 11.8 Å². The van der Waals surface area contributed by atoms with Crippen molar-refractivity contribution < 1.29 is 4.52 Å². The Morgan fingerprint density at radius 3 is 2.91 bits per heavy atom. The smallest absolute Gasteiger partial charge is 0.194 e. The van der Waals surface area contributed by atoms with E-state index in [0.29, 0.717) is 17.7 Å². The van der Waals surface area contributed by atoms with Crippen molar-refractivity contribution in [2.75, 3.05) is 25.9 Å². The number of nitrogens with zero attached hydrogens (tertiary/aromatic N) is 3. The van der Waals surface area contributed by atoms with Crippen molar-refractivity contribution in [3.05, 3.63) is 17.5 Å². The zero-order valence-corrected chi connectivity index (χ0v) is 15.7. The first-order valence-electron chi connectivity index (χ1n) is 8.74. The van der Waals surface area contributed by atoms with Gasteiger partial charge >= 0.3 is 0 Å². The number of rotatable bonds is 6. The summed E-state index contributed by atoms with van der Waals surface area (Å²) in [5.74, 6) is 3.51. The first-order chi connectivity index (χ1) is 11.2. The molecule has 1 aliphatic rings. The van der Waals surface area contributed by atoms with Crippen molar-refractivity contribution in [1.29, 1.82) is 0 Å². The highest BCUT2D eigenvalue weighted by molar-refractivity contribution is 8.00. The Kier molecular flexibility index (Phi) is 7.27. The molecule has 0 bridgehead atoms. The normalized spacial score (nSPS) is 19.4. The van der Waals surface area contributed by atoms with Crippen molar-refractivity contribution in [3.8, 4) is 0 Å². The Hall–Kier alpha value is -1.17. The van der Waals surface area contributed by atoms with Gasteiger partial charge in [0.25, 0.3) is 0 Å². The number of hydrogen-bond donors (Lipinski definition) is 1. The number of aliphatic imine (C=N–C) groups is 1. The summed E-state index contributed by atoms with van der Waals surface area (Å²) in [4.78, 5) is 6.78. The first kappa shape index (κ1) is 18.2. The Morgan fingerprint density at radius 2 is 2.26 bits per heavy atom. The fraction of sp³-hybridized carbons (Fsp3) is 0.765. The lowest BCUT2D eigenvalue weighted by Crippen LogP contribution is -2.47. The molecule has 2 heterocycles. The fourth-order valence-corrected chi connectivity index (χ4v) is 4.15. The molecule has 130 valence electrons. The molecule has 1 aliphatic heterocycles. The summed E-state index contributed by atoms with van der Waals surface area (Å²) in [6.45, 7) is 9.40. The minimum Gasteiger partial charge on any atom is -0.359 e. The first-order valence-corrected chi connectivity index (χ1v) is 9.79. The van der Waals surface area contributed by atoms with Gasteiger partial charge in [0.15, 0.2) is 11.7 Å². The molecule has 1 aromatic rings. The van der Waals surface area contributed by atoms with E-state index in [9.17, 15) is 0 Å². The number of aromatic nitrogens is 1. The van der Waals surface area contributed by atoms with Gasteiger partial charge in [-0.25, -0.2) is 0 Å². The van der Waals surface area contributed by atoms with Crippen molar-refractivity contribution in [3.63, 3.8) is 0 Å². The number of hydrogen-bond acceptors (Lipinski definition) is 4. The molecule has 6 heteroatoms. The maximum absolute atomic E-state index is 5.48. The van der Waals surface area contributed by atoms with Crippen LogP contribution in [0.15, 0.2) is 15.6 Å². The van der Waals surface area contributed by atoms with Gasteiger partial charge in [0, 0.05) is 43.1 Å². The summed E-state index contributed by atoms with van der Waals surface area (Å²) >= 11 is 2.07. The third-order valence-corrected chi connectivity index (χ3v) is 5.88. The highest BCUT2D eigenvalue weighted by Crippen LogP contribution is 2.23. The van der Waals surface area contributed by atoms with Crippen molar-refractivity contribution in [1.82, 2.24) is 15.4 Å². The molecule has 2 rings (SSSR count). The van der Waals surface area contributed by atoms with Crippen LogP contribution in [0.2, 0.25) is 0 Å². The predicted octanol–water partition coefficient (Wildman–Crippen LogP) is 3.48. The molecule has 0 radical (unpaired) electrons. The highest BCUT2D eigenvalue weighted by Gasteiger charge is 2.21. The predicted molar refractivity (Wildman–Crippen MR) is 98.1 cm³/mol. The summed E-state index contributed by atoms with van der Waals surface area (Å²) < 4.78 is 5.48. The fourth-order valence-electron chi connectivity index (χ4n) is 2.97. The van der Waals surface area contributed by atoms with E-state index >= 15 is 0 Å². The van der Waals surface area contributed by atoms with Crippen LogP contribution in [0.5, 0.6) is 0 Å². The Labute approximate surface area is 144 Å². The van der Waals surface area contributed by atoms with Crippen molar-refractivity contribution in [2.24, 2.45) is 4.99 Å². The van der Waals surface area contributed by atoms with Crippen LogP contribution < -0.4 is 5.32 Å². The van der Waals surface area contributed by atoms with Crippen LogP contribution in [0, 0.1) is 0 Å². The van der Waals surface area contributed by atoms with Gasteiger partial charge in [-0.05, 0) is 19.3 Å². The molecule has 0 aliphatic carbocycles. The van der Waals surface area contributed by atoms with Crippen molar-refractivity contribution in [2.45, 2.75) is 57.7 Å². The van der Waals surface area contributed by atoms with Crippen LogP contribution in [-0.2, 0) is 6.54 Å². The molecule has 0 saturated carbocycles. The summed E-state index contributed by atoms with van der Waals surface area (Å²) in [6.07, 6.45) is 3.40. The van der Waals surface area contributed by atoms with Crippen molar-refractivity contribution >= 4 is 17.7 Å². The Bertz CT molecular complexity index is 499. The van der Waals surface area contributed by atoms with Gasteiger partial charge in [0.2, 0.25) is 0 Å². The van der Waals surface area contributed by atoms with E-state index in [4.69, 9.17) is 4.52 Å². The molecule has 23 heavy (non-hydrogen) atoms. The Morgan fingerprint density at radius 1 is 1.48 bits per heavy atom. The van der Waals surface area contributed by atoms with Gasteiger partial charge < -0.3 is 14.7 Å². The summed E-state index contributed by atoms with van der Waals surface area (Å²) in [5.41, 5.74) is 1.07. The van der Waals surface area contributed by atoms with Gasteiger partial charge in [-0.15, -0.1) is 0 Å². The molecule has 1 unspecified atom stereocenters. The van der Waals surface area contributed by atoms with Crippen LogP contribution in [0.1, 0.15) is 57.4 Å². The molecule has 1 aromatic heterocycles. The third kappa shape index (κ3) is 4.90. The largest absolute Gasteiger partial charge is 0.359 e. The standard InChI is InChI=1S/C17H30N4OS/c1-5-13(6-2)16-10-14(22-20-16)11-19-17(18-4)21-8-9-23-15(7-3)12-21/h10,13,15H,5-9,11-12H2,1-4H3,(H,18,19).